The lowest BCUT2D eigenvalue weighted by Gasteiger charge is -2.11. The van der Waals surface area contributed by atoms with E-state index in [2.05, 4.69) is 10.1 Å². The Hall–Kier alpha value is -1.82. The van der Waals surface area contributed by atoms with E-state index in [0.29, 0.717) is 11.5 Å². The summed E-state index contributed by atoms with van der Waals surface area (Å²) in [4.78, 5) is 4.19. The van der Waals surface area contributed by atoms with Crippen LogP contribution in [0.2, 0.25) is 0 Å². The summed E-state index contributed by atoms with van der Waals surface area (Å²) in [7, 11) is 0. The van der Waals surface area contributed by atoms with Gasteiger partial charge in [-0.3, -0.25) is 0 Å². The molecule has 0 aliphatic rings. The molecule has 1 aromatic heterocycles. The summed E-state index contributed by atoms with van der Waals surface area (Å²) < 4.78 is 31.1. The molecule has 102 valence electrons. The van der Waals surface area contributed by atoms with E-state index in [9.17, 15) is 8.78 Å². The van der Waals surface area contributed by atoms with Crippen molar-refractivity contribution in [2.45, 2.75) is 32.2 Å². The number of hydrogen-bond donors (Lipinski definition) is 1. The Morgan fingerprint density at radius 2 is 1.89 bits per heavy atom. The van der Waals surface area contributed by atoms with Crippen LogP contribution in [-0.4, -0.2) is 10.1 Å². The lowest BCUT2D eigenvalue weighted by Crippen LogP contribution is -2.16. The van der Waals surface area contributed by atoms with Crippen LogP contribution >= 0.6 is 0 Å². The first-order chi connectivity index (χ1) is 8.79. The van der Waals surface area contributed by atoms with Gasteiger partial charge < -0.3 is 10.3 Å². The predicted octanol–water partition coefficient (Wildman–Crippen LogP) is 2.69. The molecule has 0 saturated heterocycles. The summed E-state index contributed by atoms with van der Waals surface area (Å²) in [6.45, 7) is 5.77. The van der Waals surface area contributed by atoms with Crippen LogP contribution in [0.3, 0.4) is 0 Å². The van der Waals surface area contributed by atoms with Crippen LogP contribution in [0.15, 0.2) is 22.7 Å². The standard InChI is InChI=1S/C13H15F2N3O/c1-13(2,3)12-17-11(18-19-12)10(16)7-4-5-8(14)9(15)6-7/h4-6,10H,16H2,1-3H3. The van der Waals surface area contributed by atoms with E-state index in [1.165, 1.54) is 6.07 Å². The Morgan fingerprint density at radius 3 is 2.42 bits per heavy atom. The summed E-state index contributed by atoms with van der Waals surface area (Å²) in [6.07, 6.45) is 0. The predicted molar refractivity (Wildman–Crippen MR) is 65.4 cm³/mol. The maximum atomic E-state index is 13.2. The zero-order valence-corrected chi connectivity index (χ0v) is 10.9. The van der Waals surface area contributed by atoms with E-state index < -0.39 is 17.7 Å². The fraction of sp³-hybridized carbons (Fsp3) is 0.385. The fourth-order valence-corrected chi connectivity index (χ4v) is 1.52. The van der Waals surface area contributed by atoms with Crippen molar-refractivity contribution in [2.24, 2.45) is 5.73 Å². The van der Waals surface area contributed by atoms with Crippen LogP contribution in [0.4, 0.5) is 8.78 Å². The second-order valence-corrected chi connectivity index (χ2v) is 5.36. The SMILES string of the molecule is CC(C)(C)c1nc(C(N)c2ccc(F)c(F)c2)no1. The normalized spacial score (nSPS) is 13.6. The molecule has 2 N–H and O–H groups in total. The highest BCUT2D eigenvalue weighted by Gasteiger charge is 2.24. The van der Waals surface area contributed by atoms with Crippen molar-refractivity contribution in [3.8, 4) is 0 Å². The minimum Gasteiger partial charge on any atom is -0.339 e. The topological polar surface area (TPSA) is 64.9 Å². The van der Waals surface area contributed by atoms with Crippen molar-refractivity contribution in [1.29, 1.82) is 0 Å². The molecular formula is C13H15F2N3O. The van der Waals surface area contributed by atoms with Gasteiger partial charge in [0, 0.05) is 5.41 Å². The Morgan fingerprint density at radius 1 is 1.21 bits per heavy atom. The largest absolute Gasteiger partial charge is 0.339 e. The molecule has 2 aromatic rings. The van der Waals surface area contributed by atoms with Crippen molar-refractivity contribution in [1.82, 2.24) is 10.1 Å². The third-order valence-electron chi connectivity index (χ3n) is 2.66. The maximum absolute atomic E-state index is 13.2. The molecule has 1 aromatic carbocycles. The maximum Gasteiger partial charge on any atom is 0.232 e. The molecule has 4 nitrogen and oxygen atoms in total. The van der Waals surface area contributed by atoms with Gasteiger partial charge in [0.1, 0.15) is 0 Å². The molecule has 0 fully saturated rings. The molecule has 0 radical (unpaired) electrons. The lowest BCUT2D eigenvalue weighted by atomic mass is 9.97. The van der Waals surface area contributed by atoms with Crippen LogP contribution in [0.1, 0.15) is 44.1 Å². The molecular weight excluding hydrogens is 252 g/mol. The van der Waals surface area contributed by atoms with Gasteiger partial charge in [0.2, 0.25) is 5.89 Å². The average molecular weight is 267 g/mol. The van der Waals surface area contributed by atoms with Gasteiger partial charge in [-0.25, -0.2) is 8.78 Å². The second-order valence-electron chi connectivity index (χ2n) is 5.36. The molecule has 1 unspecified atom stereocenters. The van der Waals surface area contributed by atoms with E-state index in [1.807, 2.05) is 20.8 Å². The minimum atomic E-state index is -0.951. The van der Waals surface area contributed by atoms with Gasteiger partial charge in [-0.1, -0.05) is 32.0 Å². The summed E-state index contributed by atoms with van der Waals surface area (Å²) in [5.41, 5.74) is 6.01. The molecule has 0 saturated carbocycles. The third-order valence-corrected chi connectivity index (χ3v) is 2.66. The number of hydrogen-bond acceptors (Lipinski definition) is 4. The van der Waals surface area contributed by atoms with E-state index >= 15 is 0 Å². The summed E-state index contributed by atoms with van der Waals surface area (Å²) in [6, 6.07) is 2.70. The van der Waals surface area contributed by atoms with E-state index in [4.69, 9.17) is 10.3 Å². The van der Waals surface area contributed by atoms with E-state index in [1.54, 1.807) is 0 Å². The minimum absolute atomic E-state index is 0.246. The monoisotopic (exact) mass is 267 g/mol. The number of halogens is 2. The molecule has 0 aliphatic heterocycles. The van der Waals surface area contributed by atoms with Gasteiger partial charge in [0.25, 0.3) is 0 Å². The van der Waals surface area contributed by atoms with Crippen LogP contribution < -0.4 is 5.73 Å². The quantitative estimate of drug-likeness (QED) is 0.908. The van der Waals surface area contributed by atoms with Crippen molar-refractivity contribution in [3.63, 3.8) is 0 Å². The summed E-state index contributed by atoms with van der Waals surface area (Å²) in [5, 5.41) is 3.78. The van der Waals surface area contributed by atoms with Crippen LogP contribution in [-0.2, 0) is 5.41 Å². The van der Waals surface area contributed by atoms with Crippen molar-refractivity contribution in [2.75, 3.05) is 0 Å². The van der Waals surface area contributed by atoms with Crippen molar-refractivity contribution >= 4 is 0 Å². The first kappa shape index (κ1) is 13.6. The average Bonchev–Trinajstić information content (AvgIpc) is 2.81. The zero-order chi connectivity index (χ0) is 14.2. The van der Waals surface area contributed by atoms with E-state index in [0.717, 1.165) is 12.1 Å². The summed E-state index contributed by atoms with van der Waals surface area (Å²) >= 11 is 0. The van der Waals surface area contributed by atoms with Crippen LogP contribution in [0, 0.1) is 11.6 Å². The van der Waals surface area contributed by atoms with Crippen LogP contribution in [0.25, 0.3) is 0 Å². The van der Waals surface area contributed by atoms with Gasteiger partial charge in [-0.05, 0) is 17.7 Å². The molecule has 0 bridgehead atoms. The Balaban J connectivity index is 2.31. The molecule has 0 amide bonds. The van der Waals surface area contributed by atoms with Crippen LogP contribution in [0.5, 0.6) is 0 Å². The second kappa shape index (κ2) is 4.70. The lowest BCUT2D eigenvalue weighted by molar-refractivity contribution is 0.317. The smallest absolute Gasteiger partial charge is 0.232 e. The number of aromatic nitrogens is 2. The first-order valence-corrected chi connectivity index (χ1v) is 5.83. The molecule has 1 atom stereocenters. The Bertz CT molecular complexity index is 590. The van der Waals surface area contributed by atoms with Gasteiger partial charge in [0.05, 0.1) is 6.04 Å². The molecule has 1 heterocycles. The first-order valence-electron chi connectivity index (χ1n) is 5.83. The molecule has 19 heavy (non-hydrogen) atoms. The highest BCUT2D eigenvalue weighted by Crippen LogP contribution is 2.24. The summed E-state index contributed by atoms with van der Waals surface area (Å²) in [5.74, 6) is -1.18. The van der Waals surface area contributed by atoms with Gasteiger partial charge in [-0.15, -0.1) is 0 Å². The third kappa shape index (κ3) is 2.78. The molecule has 0 spiro atoms. The molecule has 2 rings (SSSR count). The van der Waals surface area contributed by atoms with E-state index in [-0.39, 0.29) is 11.2 Å². The van der Waals surface area contributed by atoms with Crippen molar-refractivity contribution in [3.05, 3.63) is 47.1 Å². The fourth-order valence-electron chi connectivity index (χ4n) is 1.52. The highest BCUT2D eigenvalue weighted by atomic mass is 19.2. The number of nitrogens with two attached hydrogens (primary N) is 1. The Kier molecular flexibility index (Phi) is 3.36. The number of nitrogens with zero attached hydrogens (tertiary/aromatic N) is 2. The van der Waals surface area contributed by atoms with Gasteiger partial charge in [0.15, 0.2) is 17.5 Å². The van der Waals surface area contributed by atoms with Gasteiger partial charge in [-0.2, -0.15) is 4.98 Å². The Labute approximate surface area is 109 Å². The number of rotatable bonds is 2. The number of benzene rings is 1. The molecule has 6 heteroatoms. The molecule has 0 aliphatic carbocycles. The highest BCUT2D eigenvalue weighted by molar-refractivity contribution is 5.25. The van der Waals surface area contributed by atoms with Crippen molar-refractivity contribution < 1.29 is 13.3 Å². The zero-order valence-electron chi connectivity index (χ0n) is 10.9. The van der Waals surface area contributed by atoms with Gasteiger partial charge >= 0.3 is 0 Å².